The van der Waals surface area contributed by atoms with Crippen molar-refractivity contribution in [2.45, 2.75) is 40.0 Å². The van der Waals surface area contributed by atoms with E-state index in [1.807, 2.05) is 0 Å². The van der Waals surface area contributed by atoms with Crippen LogP contribution in [0.2, 0.25) is 0 Å². The molecule has 7 heteroatoms. The van der Waals surface area contributed by atoms with Gasteiger partial charge in [-0.2, -0.15) is 0 Å². The summed E-state index contributed by atoms with van der Waals surface area (Å²) >= 11 is 0. The van der Waals surface area contributed by atoms with E-state index in [1.54, 1.807) is 20.8 Å². The number of hydrogen-bond acceptors (Lipinski definition) is 4. The molecular weight excluding hydrogens is 274 g/mol. The number of H-pyrrole nitrogens is 1. The highest BCUT2D eigenvalue weighted by Gasteiger charge is 2.12. The third-order valence-corrected chi connectivity index (χ3v) is 3.26. The molecule has 0 aliphatic carbocycles. The number of carboxylic acid groups (broad SMARTS) is 1. The summed E-state index contributed by atoms with van der Waals surface area (Å²) in [6.45, 7) is 5.35. The maximum absolute atomic E-state index is 11.8. The summed E-state index contributed by atoms with van der Waals surface area (Å²) in [7, 11) is 0. The SMILES string of the molecule is Cc1nc(C)c(CCC(=O)NCCC(C)C(=O)O)c(=O)[nH]1. The van der Waals surface area contributed by atoms with E-state index in [2.05, 4.69) is 15.3 Å². The fourth-order valence-corrected chi connectivity index (χ4v) is 1.92. The lowest BCUT2D eigenvalue weighted by Gasteiger charge is -2.08. The van der Waals surface area contributed by atoms with Crippen LogP contribution in [-0.2, 0) is 16.0 Å². The normalized spacial score (nSPS) is 12.0. The van der Waals surface area contributed by atoms with Crippen molar-refractivity contribution in [1.82, 2.24) is 15.3 Å². The van der Waals surface area contributed by atoms with Crippen molar-refractivity contribution in [2.75, 3.05) is 6.54 Å². The van der Waals surface area contributed by atoms with Crippen molar-refractivity contribution in [3.63, 3.8) is 0 Å². The zero-order chi connectivity index (χ0) is 16.0. The summed E-state index contributed by atoms with van der Waals surface area (Å²) in [5, 5.41) is 11.4. The Hall–Kier alpha value is -2.18. The highest BCUT2D eigenvalue weighted by atomic mass is 16.4. The molecule has 0 radical (unpaired) electrons. The third-order valence-electron chi connectivity index (χ3n) is 3.26. The first kappa shape index (κ1) is 16.9. The average Bonchev–Trinajstić information content (AvgIpc) is 2.37. The summed E-state index contributed by atoms with van der Waals surface area (Å²) in [5.74, 6) is -1.02. The second kappa shape index (κ2) is 7.56. The van der Waals surface area contributed by atoms with Gasteiger partial charge >= 0.3 is 5.97 Å². The molecule has 0 saturated carbocycles. The minimum Gasteiger partial charge on any atom is -0.481 e. The fraction of sp³-hybridized carbons (Fsp3) is 0.571. The van der Waals surface area contributed by atoms with Gasteiger partial charge in [-0.25, -0.2) is 4.98 Å². The lowest BCUT2D eigenvalue weighted by molar-refractivity contribution is -0.141. The Kier molecular flexibility index (Phi) is 6.08. The minimum atomic E-state index is -0.878. The number of nitrogens with one attached hydrogen (secondary N) is 2. The molecule has 0 saturated heterocycles. The highest BCUT2D eigenvalue weighted by Crippen LogP contribution is 2.03. The first-order chi connectivity index (χ1) is 9.81. The summed E-state index contributed by atoms with van der Waals surface area (Å²) in [6, 6.07) is 0. The first-order valence-electron chi connectivity index (χ1n) is 6.87. The number of nitrogens with zero attached hydrogens (tertiary/aromatic N) is 1. The number of aromatic nitrogens is 2. The van der Waals surface area contributed by atoms with Gasteiger partial charge in [0.2, 0.25) is 5.91 Å². The van der Waals surface area contributed by atoms with Crippen LogP contribution in [-0.4, -0.2) is 33.5 Å². The predicted molar refractivity (Wildman–Crippen MR) is 77.1 cm³/mol. The van der Waals surface area contributed by atoms with E-state index < -0.39 is 11.9 Å². The van der Waals surface area contributed by atoms with Crippen LogP contribution in [0.4, 0.5) is 0 Å². The maximum atomic E-state index is 11.8. The standard InChI is InChI=1S/C14H21N3O4/c1-8(14(20)21)6-7-15-12(18)5-4-11-9(2)16-10(3)17-13(11)19/h8H,4-7H2,1-3H3,(H,15,18)(H,20,21)(H,16,17,19). The van der Waals surface area contributed by atoms with Gasteiger partial charge in [0.15, 0.2) is 0 Å². The lowest BCUT2D eigenvalue weighted by atomic mass is 10.1. The van der Waals surface area contributed by atoms with E-state index in [1.165, 1.54) is 0 Å². The Balaban J connectivity index is 2.44. The zero-order valence-corrected chi connectivity index (χ0v) is 12.5. The van der Waals surface area contributed by atoms with Gasteiger partial charge in [0.05, 0.1) is 5.92 Å². The van der Waals surface area contributed by atoms with Gasteiger partial charge in [-0.15, -0.1) is 0 Å². The van der Waals surface area contributed by atoms with E-state index in [0.717, 1.165) is 0 Å². The number of rotatable bonds is 7. The van der Waals surface area contributed by atoms with Crippen LogP contribution in [0.15, 0.2) is 4.79 Å². The van der Waals surface area contributed by atoms with Crippen molar-refractivity contribution >= 4 is 11.9 Å². The number of carboxylic acids is 1. The second-order valence-electron chi connectivity index (χ2n) is 5.09. The molecular formula is C14H21N3O4. The number of aromatic amines is 1. The Morgan fingerprint density at radius 2 is 2.05 bits per heavy atom. The maximum Gasteiger partial charge on any atom is 0.306 e. The van der Waals surface area contributed by atoms with Crippen LogP contribution in [0.1, 0.15) is 36.8 Å². The molecule has 1 amide bonds. The van der Waals surface area contributed by atoms with Gasteiger partial charge in [-0.05, 0) is 26.7 Å². The van der Waals surface area contributed by atoms with E-state index in [0.29, 0.717) is 36.5 Å². The molecule has 3 N–H and O–H groups in total. The van der Waals surface area contributed by atoms with Crippen molar-refractivity contribution in [1.29, 1.82) is 0 Å². The highest BCUT2D eigenvalue weighted by molar-refractivity contribution is 5.76. The quantitative estimate of drug-likeness (QED) is 0.680. The third kappa shape index (κ3) is 5.37. The van der Waals surface area contributed by atoms with Crippen LogP contribution in [0, 0.1) is 19.8 Å². The summed E-state index contributed by atoms with van der Waals surface area (Å²) in [6.07, 6.45) is 0.873. The number of carbonyl (C=O) groups is 2. The van der Waals surface area contributed by atoms with Gasteiger partial charge in [0.25, 0.3) is 5.56 Å². The Labute approximate surface area is 122 Å². The zero-order valence-electron chi connectivity index (χ0n) is 12.5. The lowest BCUT2D eigenvalue weighted by Crippen LogP contribution is -2.28. The molecule has 21 heavy (non-hydrogen) atoms. The van der Waals surface area contributed by atoms with Gasteiger partial charge in [0, 0.05) is 24.2 Å². The number of aliphatic carboxylic acids is 1. The van der Waals surface area contributed by atoms with Gasteiger partial charge in [0.1, 0.15) is 5.82 Å². The molecule has 7 nitrogen and oxygen atoms in total. The molecule has 1 heterocycles. The number of amides is 1. The van der Waals surface area contributed by atoms with Crippen molar-refractivity contribution in [2.24, 2.45) is 5.92 Å². The molecule has 1 atom stereocenters. The molecule has 0 aliphatic rings. The van der Waals surface area contributed by atoms with Gasteiger partial charge in [-0.3, -0.25) is 14.4 Å². The van der Waals surface area contributed by atoms with Crippen molar-refractivity contribution in [3.8, 4) is 0 Å². The average molecular weight is 295 g/mol. The first-order valence-corrected chi connectivity index (χ1v) is 6.87. The van der Waals surface area contributed by atoms with Crippen LogP contribution in [0.5, 0.6) is 0 Å². The number of carbonyl (C=O) groups excluding carboxylic acids is 1. The Morgan fingerprint density at radius 3 is 2.62 bits per heavy atom. The van der Waals surface area contributed by atoms with Crippen molar-refractivity contribution in [3.05, 3.63) is 27.4 Å². The van der Waals surface area contributed by atoms with E-state index in [4.69, 9.17) is 5.11 Å². The van der Waals surface area contributed by atoms with E-state index in [9.17, 15) is 14.4 Å². The molecule has 0 aliphatic heterocycles. The minimum absolute atomic E-state index is 0.177. The molecule has 1 aromatic heterocycles. The predicted octanol–water partition coefficient (Wildman–Crippen LogP) is 0.546. The molecule has 1 rings (SSSR count). The van der Waals surface area contributed by atoms with Gasteiger partial charge in [-0.1, -0.05) is 6.92 Å². The van der Waals surface area contributed by atoms with Crippen LogP contribution >= 0.6 is 0 Å². The smallest absolute Gasteiger partial charge is 0.306 e. The summed E-state index contributed by atoms with van der Waals surface area (Å²) in [4.78, 5) is 40.8. The van der Waals surface area contributed by atoms with E-state index in [-0.39, 0.29) is 17.9 Å². The summed E-state index contributed by atoms with van der Waals surface area (Å²) in [5.41, 5.74) is 0.922. The molecule has 1 unspecified atom stereocenters. The van der Waals surface area contributed by atoms with Crippen LogP contribution < -0.4 is 10.9 Å². The van der Waals surface area contributed by atoms with Crippen LogP contribution in [0.25, 0.3) is 0 Å². The van der Waals surface area contributed by atoms with Crippen molar-refractivity contribution < 1.29 is 14.7 Å². The molecule has 0 aromatic carbocycles. The molecule has 0 fully saturated rings. The molecule has 0 spiro atoms. The molecule has 1 aromatic rings. The van der Waals surface area contributed by atoms with E-state index >= 15 is 0 Å². The fourth-order valence-electron chi connectivity index (χ4n) is 1.92. The second-order valence-corrected chi connectivity index (χ2v) is 5.09. The Bertz CT molecular complexity index is 580. The topological polar surface area (TPSA) is 112 Å². The monoisotopic (exact) mass is 295 g/mol. The largest absolute Gasteiger partial charge is 0.481 e. The summed E-state index contributed by atoms with van der Waals surface area (Å²) < 4.78 is 0. The molecule has 0 bridgehead atoms. The number of aryl methyl sites for hydroxylation is 2. The molecule has 116 valence electrons. The number of hydrogen-bond donors (Lipinski definition) is 3. The van der Waals surface area contributed by atoms with Crippen LogP contribution in [0.3, 0.4) is 0 Å². The van der Waals surface area contributed by atoms with Gasteiger partial charge < -0.3 is 15.4 Å². The Morgan fingerprint density at radius 1 is 1.38 bits per heavy atom.